The lowest BCUT2D eigenvalue weighted by Crippen LogP contribution is -2.50. The summed E-state index contributed by atoms with van der Waals surface area (Å²) in [6, 6.07) is 2.00. The minimum atomic E-state index is -4.99. The summed E-state index contributed by atoms with van der Waals surface area (Å²) in [7, 11) is 3.70. The van der Waals surface area contributed by atoms with E-state index in [1.807, 2.05) is 30.0 Å². The molecular weight excluding hydrogens is 442 g/mol. The number of alkyl halides is 6. The second kappa shape index (κ2) is 8.71. The van der Waals surface area contributed by atoms with Crippen LogP contribution in [0.1, 0.15) is 11.1 Å². The van der Waals surface area contributed by atoms with E-state index in [4.69, 9.17) is 0 Å². The van der Waals surface area contributed by atoms with Crippen LogP contribution in [0.3, 0.4) is 0 Å². The number of rotatable bonds is 3. The number of benzene rings is 1. The van der Waals surface area contributed by atoms with Gasteiger partial charge in [0.25, 0.3) is 0 Å². The highest BCUT2D eigenvalue weighted by Gasteiger charge is 2.37. The zero-order valence-corrected chi connectivity index (χ0v) is 17.1. The maximum absolute atomic E-state index is 13.0. The van der Waals surface area contributed by atoms with E-state index < -0.39 is 35.2 Å². The van der Waals surface area contributed by atoms with Gasteiger partial charge in [0, 0.05) is 52.0 Å². The van der Waals surface area contributed by atoms with Gasteiger partial charge in [-0.2, -0.15) is 31.4 Å². The molecule has 1 aliphatic rings. The van der Waals surface area contributed by atoms with Crippen LogP contribution >= 0.6 is 0 Å². The van der Waals surface area contributed by atoms with Crippen molar-refractivity contribution in [2.75, 3.05) is 55.4 Å². The molecule has 0 aliphatic carbocycles. The number of hydrogen-bond acceptors (Lipinski definition) is 5. The molecule has 2 heterocycles. The summed E-state index contributed by atoms with van der Waals surface area (Å²) in [4.78, 5) is 17.5. The maximum atomic E-state index is 13.0. The molecule has 0 spiro atoms. The van der Waals surface area contributed by atoms with Crippen LogP contribution in [-0.2, 0) is 12.4 Å². The molecule has 0 saturated carbocycles. The number of urea groups is 1. The Bertz CT molecular complexity index is 937. The molecule has 1 aromatic heterocycles. The number of amides is 2. The molecule has 3 rings (SSSR count). The molecule has 2 amide bonds. The third-order valence-electron chi connectivity index (χ3n) is 4.87. The molecular formula is C19H20F6N6O. The minimum Gasteiger partial charge on any atom is -0.376 e. The largest absolute Gasteiger partial charge is 0.416 e. The number of nitrogens with zero attached hydrogens (tertiary/aromatic N) is 5. The van der Waals surface area contributed by atoms with E-state index in [2.05, 4.69) is 15.5 Å². The topological polar surface area (TPSA) is 64.6 Å². The van der Waals surface area contributed by atoms with Crippen molar-refractivity contribution in [2.45, 2.75) is 12.4 Å². The van der Waals surface area contributed by atoms with Gasteiger partial charge >= 0.3 is 18.4 Å². The fourth-order valence-electron chi connectivity index (χ4n) is 3.11. The molecule has 1 N–H and O–H groups in total. The molecule has 0 unspecified atom stereocenters. The molecule has 174 valence electrons. The van der Waals surface area contributed by atoms with Gasteiger partial charge in [0.15, 0.2) is 5.82 Å². The smallest absolute Gasteiger partial charge is 0.376 e. The molecule has 0 atom stereocenters. The molecule has 2 aromatic rings. The van der Waals surface area contributed by atoms with Gasteiger partial charge in [-0.3, -0.25) is 0 Å². The summed E-state index contributed by atoms with van der Waals surface area (Å²) in [6.07, 6.45) is -8.39. The Labute approximate surface area is 179 Å². The Hall–Kier alpha value is -3.25. The first kappa shape index (κ1) is 23.4. The van der Waals surface area contributed by atoms with Crippen LogP contribution < -0.4 is 15.1 Å². The molecule has 7 nitrogen and oxygen atoms in total. The van der Waals surface area contributed by atoms with Gasteiger partial charge in [-0.15, -0.1) is 5.10 Å². The average Bonchev–Trinajstić information content (AvgIpc) is 2.72. The number of carbonyl (C=O) groups is 1. The molecule has 1 saturated heterocycles. The number of hydrogen-bond donors (Lipinski definition) is 1. The molecule has 0 radical (unpaired) electrons. The Morgan fingerprint density at radius 2 is 1.50 bits per heavy atom. The monoisotopic (exact) mass is 462 g/mol. The zero-order valence-electron chi connectivity index (χ0n) is 17.1. The highest BCUT2D eigenvalue weighted by atomic mass is 19.4. The van der Waals surface area contributed by atoms with Crippen LogP contribution in [0.15, 0.2) is 30.5 Å². The van der Waals surface area contributed by atoms with Crippen molar-refractivity contribution < 1.29 is 31.1 Å². The molecule has 32 heavy (non-hydrogen) atoms. The van der Waals surface area contributed by atoms with E-state index in [1.54, 1.807) is 6.20 Å². The van der Waals surface area contributed by atoms with Crippen molar-refractivity contribution in [3.63, 3.8) is 0 Å². The summed E-state index contributed by atoms with van der Waals surface area (Å²) >= 11 is 0. The fraction of sp³-hybridized carbons (Fsp3) is 0.421. The average molecular weight is 462 g/mol. The quantitative estimate of drug-likeness (QED) is 0.701. The Balaban J connectivity index is 1.69. The summed E-state index contributed by atoms with van der Waals surface area (Å²) in [5.41, 5.74) is -2.73. The van der Waals surface area contributed by atoms with Gasteiger partial charge in [0.1, 0.15) is 0 Å². The summed E-state index contributed by atoms with van der Waals surface area (Å²) < 4.78 is 78.0. The van der Waals surface area contributed by atoms with Crippen LogP contribution in [-0.4, -0.2) is 61.4 Å². The third-order valence-corrected chi connectivity index (χ3v) is 4.87. The number of anilines is 3. The summed E-state index contributed by atoms with van der Waals surface area (Å²) in [5, 5.41) is 10.2. The normalized spacial score (nSPS) is 15.0. The van der Waals surface area contributed by atoms with Crippen molar-refractivity contribution in [1.82, 2.24) is 15.1 Å². The Morgan fingerprint density at radius 3 is 2.00 bits per heavy atom. The van der Waals surface area contributed by atoms with Crippen LogP contribution in [0.5, 0.6) is 0 Å². The van der Waals surface area contributed by atoms with Crippen LogP contribution in [0, 0.1) is 0 Å². The summed E-state index contributed by atoms with van der Waals surface area (Å²) in [6.45, 7) is 1.14. The number of piperazine rings is 1. The minimum absolute atomic E-state index is 0.0112. The number of aromatic nitrogens is 2. The molecule has 13 heteroatoms. The lowest BCUT2D eigenvalue weighted by molar-refractivity contribution is -0.143. The highest BCUT2D eigenvalue weighted by Crippen LogP contribution is 2.37. The fourth-order valence-corrected chi connectivity index (χ4v) is 3.11. The van der Waals surface area contributed by atoms with Gasteiger partial charge in [-0.25, -0.2) is 4.79 Å². The van der Waals surface area contributed by atoms with Crippen molar-refractivity contribution in [3.05, 3.63) is 41.6 Å². The van der Waals surface area contributed by atoms with Crippen molar-refractivity contribution in [3.8, 4) is 0 Å². The number of halogens is 6. The van der Waals surface area contributed by atoms with Gasteiger partial charge in [0.2, 0.25) is 0 Å². The highest BCUT2D eigenvalue weighted by molar-refractivity contribution is 5.89. The van der Waals surface area contributed by atoms with E-state index >= 15 is 0 Å². The molecule has 1 aromatic carbocycles. The number of nitrogens with one attached hydrogen (secondary N) is 1. The SMILES string of the molecule is CN(C)c1cnnc(N2CCN(C(=O)Nc3cc(C(F)(F)F)cc(C(F)(F)F)c3)CC2)c1. The van der Waals surface area contributed by atoms with Crippen LogP contribution in [0.25, 0.3) is 0 Å². The number of carbonyl (C=O) groups excluding carboxylic acids is 1. The predicted octanol–water partition coefficient (Wildman–Crippen LogP) is 3.93. The lowest BCUT2D eigenvalue weighted by atomic mass is 10.1. The molecule has 1 fully saturated rings. The first-order valence-corrected chi connectivity index (χ1v) is 9.45. The standard InChI is InChI=1S/C19H20F6N6O/c1-29(2)15-10-16(28-26-11-15)30-3-5-31(6-4-30)17(32)27-14-8-12(18(20,21)22)7-13(9-14)19(23,24)25/h7-11H,3-6H2,1-2H3,(H,27,32). The zero-order chi connectivity index (χ0) is 23.7. The predicted molar refractivity (Wildman–Crippen MR) is 106 cm³/mol. The van der Waals surface area contributed by atoms with Crippen LogP contribution in [0.4, 0.5) is 48.3 Å². The van der Waals surface area contributed by atoms with E-state index in [9.17, 15) is 31.1 Å². The van der Waals surface area contributed by atoms with E-state index in [0.717, 1.165) is 5.69 Å². The van der Waals surface area contributed by atoms with Crippen molar-refractivity contribution >= 4 is 23.2 Å². The first-order chi connectivity index (χ1) is 14.8. The summed E-state index contributed by atoms with van der Waals surface area (Å²) in [5.74, 6) is 0.601. The Morgan fingerprint density at radius 1 is 0.938 bits per heavy atom. The molecule has 1 aliphatic heterocycles. The van der Waals surface area contributed by atoms with Crippen molar-refractivity contribution in [2.24, 2.45) is 0 Å². The second-order valence-corrected chi connectivity index (χ2v) is 7.37. The Kier molecular flexibility index (Phi) is 6.37. The van der Waals surface area contributed by atoms with Gasteiger partial charge in [-0.05, 0) is 18.2 Å². The first-order valence-electron chi connectivity index (χ1n) is 9.45. The van der Waals surface area contributed by atoms with E-state index in [0.29, 0.717) is 31.0 Å². The van der Waals surface area contributed by atoms with Crippen molar-refractivity contribution in [1.29, 1.82) is 0 Å². The van der Waals surface area contributed by atoms with Gasteiger partial charge < -0.3 is 20.0 Å². The lowest BCUT2D eigenvalue weighted by Gasteiger charge is -2.35. The van der Waals surface area contributed by atoms with E-state index in [1.165, 1.54) is 4.90 Å². The van der Waals surface area contributed by atoms with Gasteiger partial charge in [-0.1, -0.05) is 0 Å². The second-order valence-electron chi connectivity index (χ2n) is 7.37. The molecule has 0 bridgehead atoms. The van der Waals surface area contributed by atoms with Gasteiger partial charge in [0.05, 0.1) is 23.0 Å². The van der Waals surface area contributed by atoms with E-state index in [-0.39, 0.29) is 19.2 Å². The maximum Gasteiger partial charge on any atom is 0.416 e. The third kappa shape index (κ3) is 5.51. The van der Waals surface area contributed by atoms with Crippen LogP contribution in [0.2, 0.25) is 0 Å².